The molecule has 0 bridgehead atoms. The topological polar surface area (TPSA) is 129 Å². The van der Waals surface area contributed by atoms with Crippen molar-refractivity contribution < 1.29 is 65.3 Å². The molecule has 0 aliphatic carbocycles. The third kappa shape index (κ3) is 9.61. The van der Waals surface area contributed by atoms with Gasteiger partial charge in [-0.2, -0.15) is 47.9 Å². The van der Waals surface area contributed by atoms with E-state index in [0.717, 1.165) is 23.5 Å². The first-order valence-corrected chi connectivity index (χ1v) is 17.0. The van der Waals surface area contributed by atoms with E-state index < -0.39 is 90.7 Å². The summed E-state index contributed by atoms with van der Waals surface area (Å²) in [5, 5.41) is 0.265. The van der Waals surface area contributed by atoms with Crippen molar-refractivity contribution in [3.05, 3.63) is 82.7 Å². The van der Waals surface area contributed by atoms with Gasteiger partial charge < -0.3 is 13.8 Å². The van der Waals surface area contributed by atoms with E-state index in [9.17, 15) is 56.3 Å². The average molecular weight is 747 g/mol. The lowest BCUT2D eigenvalue weighted by Crippen LogP contribution is -2.30. The van der Waals surface area contributed by atoms with E-state index in [4.69, 9.17) is 4.74 Å². The van der Waals surface area contributed by atoms with Crippen LogP contribution in [0.15, 0.2) is 54.9 Å². The number of aryl methyl sites for hydroxylation is 1. The van der Waals surface area contributed by atoms with Crippen LogP contribution in [0, 0.1) is 6.92 Å². The summed E-state index contributed by atoms with van der Waals surface area (Å²) < 4.78 is 178. The molecule has 266 valence electrons. The van der Waals surface area contributed by atoms with Crippen LogP contribution in [-0.4, -0.2) is 55.9 Å². The first-order valence-electron chi connectivity index (χ1n) is 13.5. The highest BCUT2D eigenvalue weighted by atomic mass is 32.2. The zero-order valence-electron chi connectivity index (χ0n) is 25.0. The van der Waals surface area contributed by atoms with Gasteiger partial charge in [0.2, 0.25) is 11.8 Å². The van der Waals surface area contributed by atoms with Gasteiger partial charge in [0, 0.05) is 23.8 Å². The molecule has 21 heteroatoms. The van der Waals surface area contributed by atoms with E-state index in [2.05, 4.69) is 19.1 Å². The van der Waals surface area contributed by atoms with Crippen molar-refractivity contribution in [1.82, 2.24) is 15.0 Å². The van der Waals surface area contributed by atoms with Gasteiger partial charge in [-0.25, -0.2) is 23.4 Å². The van der Waals surface area contributed by atoms with Gasteiger partial charge in [0.1, 0.15) is 6.61 Å². The zero-order valence-corrected chi connectivity index (χ0v) is 26.6. The van der Waals surface area contributed by atoms with Gasteiger partial charge in [0.15, 0.2) is 15.6 Å². The molecule has 0 spiro atoms. The molecule has 2 aromatic heterocycles. The number of pyridine rings is 1. The molecule has 0 aliphatic heterocycles. The molecule has 0 unspecified atom stereocenters. The van der Waals surface area contributed by atoms with Crippen molar-refractivity contribution in [2.75, 3.05) is 23.5 Å². The zero-order chi connectivity index (χ0) is 36.6. The fraction of sp³-hybridized carbons (Fsp3) is 0.321. The Hall–Kier alpha value is -4.40. The van der Waals surface area contributed by atoms with Crippen molar-refractivity contribution in [3.63, 3.8) is 0 Å². The first kappa shape index (κ1) is 37.4. The number of para-hydroxylation sites is 1. The predicted molar refractivity (Wildman–Crippen MR) is 156 cm³/mol. The normalized spacial score (nSPS) is 13.0. The number of anilines is 1. The number of alkyl halides is 9. The number of sulfone groups is 1. The van der Waals surface area contributed by atoms with Crippen LogP contribution in [-0.2, 0) is 45.4 Å². The van der Waals surface area contributed by atoms with Crippen LogP contribution in [0.1, 0.15) is 27.8 Å². The molecule has 4 rings (SSSR count). The SMILES string of the molecule is Cc1cccc2cc(CN(Cc3cc(C(F)(F)F)cc(C(F)(F)F)c3)c3ncc(OCCS(C)(=O)=O)cn3)c(OS(=O)(=O)C(F)(F)F)nc12. The number of aromatic nitrogens is 3. The molecular formula is C28H23F9N4O6S2. The first-order chi connectivity index (χ1) is 22.4. The maximum Gasteiger partial charge on any atom is 0.534 e. The lowest BCUT2D eigenvalue weighted by molar-refractivity contribution is -0.143. The molecule has 0 aliphatic rings. The average Bonchev–Trinajstić information content (AvgIpc) is 2.95. The Morgan fingerprint density at radius 3 is 1.94 bits per heavy atom. The Kier molecular flexibility index (Phi) is 10.3. The van der Waals surface area contributed by atoms with E-state index in [0.29, 0.717) is 17.7 Å². The van der Waals surface area contributed by atoms with Gasteiger partial charge in [-0.05, 0) is 42.3 Å². The van der Waals surface area contributed by atoms with Crippen molar-refractivity contribution in [1.29, 1.82) is 0 Å². The number of benzene rings is 2. The second-order valence-electron chi connectivity index (χ2n) is 10.5. The maximum atomic E-state index is 13.6. The molecule has 0 fully saturated rings. The molecule has 10 nitrogen and oxygen atoms in total. The summed E-state index contributed by atoms with van der Waals surface area (Å²) in [6.07, 6.45) is -7.48. The van der Waals surface area contributed by atoms with E-state index in [1.165, 1.54) is 25.1 Å². The fourth-order valence-electron chi connectivity index (χ4n) is 4.30. The molecular weight excluding hydrogens is 723 g/mol. The number of rotatable bonds is 11. The highest BCUT2D eigenvalue weighted by Crippen LogP contribution is 2.37. The molecule has 0 saturated carbocycles. The summed E-state index contributed by atoms with van der Waals surface area (Å²) in [6, 6.07) is 6.43. The van der Waals surface area contributed by atoms with Crippen LogP contribution >= 0.6 is 0 Å². The largest absolute Gasteiger partial charge is 0.534 e. The number of ether oxygens (including phenoxy) is 1. The highest BCUT2D eigenvalue weighted by molar-refractivity contribution is 7.90. The molecule has 0 amide bonds. The predicted octanol–water partition coefficient (Wildman–Crippen LogP) is 6.23. The Bertz CT molecular complexity index is 2020. The second kappa shape index (κ2) is 13.5. The lowest BCUT2D eigenvalue weighted by atomic mass is 10.0. The van der Waals surface area contributed by atoms with Gasteiger partial charge in [-0.3, -0.25) is 0 Å². The Balaban J connectivity index is 1.85. The van der Waals surface area contributed by atoms with Crippen molar-refractivity contribution in [2.24, 2.45) is 0 Å². The summed E-state index contributed by atoms with van der Waals surface area (Å²) >= 11 is 0. The number of hydrogen-bond donors (Lipinski definition) is 0. The monoisotopic (exact) mass is 746 g/mol. The standard InChI is InChI=1S/C28H23F9N4O6S2/c1-16-4-3-5-18-10-19(24(40-23(16)18)47-49(44,45)28(35,36)37)15-41(25-38-12-22(13-39-25)46-6-7-48(2,42)43)14-17-8-20(26(29,30)31)11-21(9-17)27(32,33)34/h3-5,8-13H,6-7,14-15H2,1-2H3. The van der Waals surface area contributed by atoms with Crippen LogP contribution in [0.2, 0.25) is 0 Å². The van der Waals surface area contributed by atoms with Gasteiger partial charge in [0.25, 0.3) is 0 Å². The molecule has 0 radical (unpaired) electrons. The second-order valence-corrected chi connectivity index (χ2v) is 14.3. The molecule has 49 heavy (non-hydrogen) atoms. The van der Waals surface area contributed by atoms with E-state index in [1.807, 2.05) is 0 Å². The van der Waals surface area contributed by atoms with Crippen LogP contribution in [0.25, 0.3) is 10.9 Å². The lowest BCUT2D eigenvalue weighted by Gasteiger charge is -2.25. The van der Waals surface area contributed by atoms with Crippen molar-refractivity contribution >= 4 is 36.8 Å². The fourth-order valence-corrected chi connectivity index (χ4v) is 5.14. The molecule has 4 aromatic rings. The van der Waals surface area contributed by atoms with E-state index in [-0.39, 0.29) is 29.3 Å². The minimum absolute atomic E-state index is 0.0321. The minimum atomic E-state index is -6.30. The molecule has 2 aromatic carbocycles. The third-order valence-electron chi connectivity index (χ3n) is 6.56. The summed E-state index contributed by atoms with van der Waals surface area (Å²) in [5.74, 6) is -1.98. The maximum absolute atomic E-state index is 13.6. The highest BCUT2D eigenvalue weighted by Gasteiger charge is 2.49. The van der Waals surface area contributed by atoms with Crippen molar-refractivity contribution in [3.8, 4) is 11.6 Å². The van der Waals surface area contributed by atoms with Gasteiger partial charge in [-0.15, -0.1) is 0 Å². The van der Waals surface area contributed by atoms with Crippen LogP contribution in [0.4, 0.5) is 45.5 Å². The van der Waals surface area contributed by atoms with E-state index >= 15 is 0 Å². The minimum Gasteiger partial charge on any atom is -0.489 e. The number of hydrogen-bond acceptors (Lipinski definition) is 10. The quantitative estimate of drug-likeness (QED) is 0.0990. The van der Waals surface area contributed by atoms with Gasteiger partial charge >= 0.3 is 28.0 Å². The van der Waals surface area contributed by atoms with E-state index in [1.54, 1.807) is 6.07 Å². The Morgan fingerprint density at radius 2 is 1.41 bits per heavy atom. The summed E-state index contributed by atoms with van der Waals surface area (Å²) in [7, 11) is -9.73. The summed E-state index contributed by atoms with van der Waals surface area (Å²) in [4.78, 5) is 12.9. The smallest absolute Gasteiger partial charge is 0.489 e. The molecule has 0 N–H and O–H groups in total. The molecule has 2 heterocycles. The Morgan fingerprint density at radius 1 is 0.816 bits per heavy atom. The molecule has 0 saturated heterocycles. The number of fused-ring (bicyclic) bond motifs is 1. The number of halogens is 9. The van der Waals surface area contributed by atoms with Gasteiger partial charge in [-0.1, -0.05) is 18.2 Å². The third-order valence-corrected chi connectivity index (χ3v) is 8.41. The van der Waals surface area contributed by atoms with Crippen LogP contribution in [0.5, 0.6) is 11.6 Å². The Labute approximate surface area is 272 Å². The molecule has 0 atom stereocenters. The van der Waals surface area contributed by atoms with Crippen molar-refractivity contribution in [2.45, 2.75) is 37.9 Å². The van der Waals surface area contributed by atoms with Gasteiger partial charge in [0.05, 0.1) is 41.3 Å². The number of nitrogens with zero attached hydrogens (tertiary/aromatic N) is 4. The van der Waals surface area contributed by atoms with Crippen LogP contribution < -0.4 is 13.8 Å². The summed E-state index contributed by atoms with van der Waals surface area (Å²) in [5.41, 5.74) is -9.76. The van der Waals surface area contributed by atoms with Crippen LogP contribution in [0.3, 0.4) is 0 Å². The summed E-state index contributed by atoms with van der Waals surface area (Å²) in [6.45, 7) is -0.404.